The highest BCUT2D eigenvalue weighted by molar-refractivity contribution is 4.71. The summed E-state index contributed by atoms with van der Waals surface area (Å²) in [5.41, 5.74) is 0. The number of nitrogens with one attached hydrogen (secondary N) is 2. The van der Waals surface area contributed by atoms with Crippen molar-refractivity contribution in [2.75, 3.05) is 26.3 Å². The number of hydrogen-bond acceptors (Lipinski definition) is 3. The van der Waals surface area contributed by atoms with Crippen LogP contribution in [0.15, 0.2) is 0 Å². The van der Waals surface area contributed by atoms with Gasteiger partial charge >= 0.3 is 0 Å². The molecule has 1 atom stereocenters. The van der Waals surface area contributed by atoms with E-state index in [4.69, 9.17) is 4.74 Å². The molecule has 0 radical (unpaired) electrons. The summed E-state index contributed by atoms with van der Waals surface area (Å²) in [5.74, 6) is 0. The highest BCUT2D eigenvalue weighted by Crippen LogP contribution is 1.97. The van der Waals surface area contributed by atoms with Crippen molar-refractivity contribution < 1.29 is 4.74 Å². The van der Waals surface area contributed by atoms with Crippen LogP contribution in [0.3, 0.4) is 0 Å². The van der Waals surface area contributed by atoms with E-state index in [1.165, 1.54) is 0 Å². The second kappa shape index (κ2) is 5.51. The molecule has 3 heteroatoms. The fourth-order valence-electron chi connectivity index (χ4n) is 1.35. The van der Waals surface area contributed by atoms with Gasteiger partial charge in [-0.15, -0.1) is 0 Å². The summed E-state index contributed by atoms with van der Waals surface area (Å²) < 4.78 is 5.35. The van der Waals surface area contributed by atoms with Crippen LogP contribution >= 0.6 is 0 Å². The first-order valence-electron chi connectivity index (χ1n) is 4.83. The van der Waals surface area contributed by atoms with Crippen molar-refractivity contribution >= 4 is 0 Å². The number of morpholine rings is 1. The maximum Gasteiger partial charge on any atom is 0.0620 e. The Bertz CT molecular complexity index is 111. The molecule has 1 unspecified atom stereocenters. The molecule has 2 N–H and O–H groups in total. The van der Waals surface area contributed by atoms with Crippen molar-refractivity contribution in [3.05, 3.63) is 0 Å². The third kappa shape index (κ3) is 4.04. The minimum Gasteiger partial charge on any atom is -0.379 e. The molecule has 0 amide bonds. The smallest absolute Gasteiger partial charge is 0.0620 e. The van der Waals surface area contributed by atoms with Gasteiger partial charge in [0.2, 0.25) is 0 Å². The van der Waals surface area contributed by atoms with Gasteiger partial charge in [-0.1, -0.05) is 13.8 Å². The molecule has 0 bridgehead atoms. The van der Waals surface area contributed by atoms with Crippen LogP contribution in [0.2, 0.25) is 0 Å². The number of hydrogen-bond donors (Lipinski definition) is 2. The van der Waals surface area contributed by atoms with Crippen molar-refractivity contribution in [1.82, 2.24) is 10.6 Å². The van der Waals surface area contributed by atoms with Crippen molar-refractivity contribution in [1.29, 1.82) is 0 Å². The minimum atomic E-state index is 0.560. The zero-order valence-electron chi connectivity index (χ0n) is 8.10. The lowest BCUT2D eigenvalue weighted by Crippen LogP contribution is -2.43. The highest BCUT2D eigenvalue weighted by atomic mass is 16.5. The van der Waals surface area contributed by atoms with E-state index in [0.717, 1.165) is 32.7 Å². The molecular formula is C9H20N2O. The quantitative estimate of drug-likeness (QED) is 0.642. The second-order valence-electron chi connectivity index (χ2n) is 3.62. The molecule has 0 spiro atoms. The van der Waals surface area contributed by atoms with E-state index in [-0.39, 0.29) is 0 Å². The highest BCUT2D eigenvalue weighted by Gasteiger charge is 2.11. The SMILES string of the molecule is CC(C)NCCC1COCCN1. The topological polar surface area (TPSA) is 33.3 Å². The molecule has 0 saturated carbocycles. The largest absolute Gasteiger partial charge is 0.379 e. The molecule has 0 aromatic rings. The van der Waals surface area contributed by atoms with Crippen LogP contribution in [0.4, 0.5) is 0 Å². The molecular weight excluding hydrogens is 152 g/mol. The number of rotatable bonds is 4. The third-order valence-electron chi connectivity index (χ3n) is 2.04. The molecule has 1 rings (SSSR count). The van der Waals surface area contributed by atoms with Gasteiger partial charge in [-0.05, 0) is 13.0 Å². The van der Waals surface area contributed by atoms with Gasteiger partial charge in [0.05, 0.1) is 13.2 Å². The predicted octanol–water partition coefficient (Wildman–Crippen LogP) is 0.363. The van der Waals surface area contributed by atoms with E-state index in [1.807, 2.05) is 0 Å². The average molecular weight is 172 g/mol. The summed E-state index contributed by atoms with van der Waals surface area (Å²) in [7, 11) is 0. The Morgan fingerprint density at radius 2 is 2.42 bits per heavy atom. The number of ether oxygens (including phenoxy) is 1. The standard InChI is InChI=1S/C9H20N2O/c1-8(2)10-4-3-9-7-12-6-5-11-9/h8-11H,3-7H2,1-2H3. The zero-order valence-corrected chi connectivity index (χ0v) is 8.10. The molecule has 1 fully saturated rings. The van der Waals surface area contributed by atoms with Crippen LogP contribution in [0.25, 0.3) is 0 Å². The maximum atomic E-state index is 5.35. The molecule has 72 valence electrons. The van der Waals surface area contributed by atoms with Crippen LogP contribution in [0.1, 0.15) is 20.3 Å². The van der Waals surface area contributed by atoms with Crippen LogP contribution in [-0.2, 0) is 4.74 Å². The molecule has 12 heavy (non-hydrogen) atoms. The lowest BCUT2D eigenvalue weighted by Gasteiger charge is -2.24. The predicted molar refractivity (Wildman–Crippen MR) is 50.4 cm³/mol. The van der Waals surface area contributed by atoms with Crippen LogP contribution in [0, 0.1) is 0 Å². The Balaban J connectivity index is 1.98. The van der Waals surface area contributed by atoms with Gasteiger partial charge in [0.25, 0.3) is 0 Å². The summed E-state index contributed by atoms with van der Waals surface area (Å²) >= 11 is 0. The minimum absolute atomic E-state index is 0.560. The Hall–Kier alpha value is -0.120. The summed E-state index contributed by atoms with van der Waals surface area (Å²) in [6.07, 6.45) is 1.16. The van der Waals surface area contributed by atoms with Crippen LogP contribution in [0.5, 0.6) is 0 Å². The Morgan fingerprint density at radius 3 is 3.00 bits per heavy atom. The summed E-state index contributed by atoms with van der Waals surface area (Å²) in [6.45, 7) is 8.18. The molecule has 1 heterocycles. The zero-order chi connectivity index (χ0) is 8.81. The first kappa shape index (κ1) is 9.96. The van der Waals surface area contributed by atoms with E-state index < -0.39 is 0 Å². The lowest BCUT2D eigenvalue weighted by atomic mass is 10.2. The van der Waals surface area contributed by atoms with E-state index >= 15 is 0 Å². The van der Waals surface area contributed by atoms with Gasteiger partial charge in [-0.25, -0.2) is 0 Å². The van der Waals surface area contributed by atoms with Crippen molar-refractivity contribution in [2.45, 2.75) is 32.4 Å². The normalized spacial score (nSPS) is 24.8. The van der Waals surface area contributed by atoms with Crippen molar-refractivity contribution in [3.8, 4) is 0 Å². The first-order chi connectivity index (χ1) is 5.79. The maximum absolute atomic E-state index is 5.35. The van der Waals surface area contributed by atoms with Gasteiger partial charge in [0.1, 0.15) is 0 Å². The molecule has 0 aliphatic carbocycles. The molecule has 1 aliphatic rings. The monoisotopic (exact) mass is 172 g/mol. The van der Waals surface area contributed by atoms with Crippen molar-refractivity contribution in [3.63, 3.8) is 0 Å². The lowest BCUT2D eigenvalue weighted by molar-refractivity contribution is 0.0741. The summed E-state index contributed by atoms with van der Waals surface area (Å²) in [5, 5.41) is 6.83. The Labute approximate surface area is 74.9 Å². The molecule has 0 aromatic heterocycles. The Morgan fingerprint density at radius 1 is 1.58 bits per heavy atom. The van der Waals surface area contributed by atoms with Gasteiger partial charge in [-0.3, -0.25) is 0 Å². The van der Waals surface area contributed by atoms with Crippen LogP contribution in [-0.4, -0.2) is 38.4 Å². The molecule has 1 saturated heterocycles. The van der Waals surface area contributed by atoms with E-state index in [0.29, 0.717) is 12.1 Å². The van der Waals surface area contributed by atoms with Gasteiger partial charge in [0.15, 0.2) is 0 Å². The van der Waals surface area contributed by atoms with Crippen molar-refractivity contribution in [2.24, 2.45) is 0 Å². The molecule has 1 aliphatic heterocycles. The van der Waals surface area contributed by atoms with Crippen LogP contribution < -0.4 is 10.6 Å². The first-order valence-corrected chi connectivity index (χ1v) is 4.83. The molecule has 3 nitrogen and oxygen atoms in total. The summed E-state index contributed by atoms with van der Waals surface area (Å²) in [4.78, 5) is 0. The van der Waals surface area contributed by atoms with Gasteiger partial charge in [-0.2, -0.15) is 0 Å². The fourth-order valence-corrected chi connectivity index (χ4v) is 1.35. The fraction of sp³-hybridized carbons (Fsp3) is 1.00. The average Bonchev–Trinajstić information content (AvgIpc) is 2.05. The van der Waals surface area contributed by atoms with Gasteiger partial charge in [0, 0.05) is 18.6 Å². The molecule has 0 aromatic carbocycles. The third-order valence-corrected chi connectivity index (χ3v) is 2.04. The van der Waals surface area contributed by atoms with E-state index in [1.54, 1.807) is 0 Å². The summed E-state index contributed by atoms with van der Waals surface area (Å²) in [6, 6.07) is 1.15. The van der Waals surface area contributed by atoms with E-state index in [9.17, 15) is 0 Å². The van der Waals surface area contributed by atoms with Gasteiger partial charge < -0.3 is 15.4 Å². The van der Waals surface area contributed by atoms with E-state index in [2.05, 4.69) is 24.5 Å². The Kier molecular flexibility index (Phi) is 4.58. The second-order valence-corrected chi connectivity index (χ2v) is 3.62.